The monoisotopic (exact) mass is 674 g/mol. The molecule has 46 heavy (non-hydrogen) atoms. The molecule has 0 radical (unpaired) electrons. The highest BCUT2D eigenvalue weighted by molar-refractivity contribution is 5.89. The van der Waals surface area contributed by atoms with E-state index in [1.54, 1.807) is 21.1 Å². The Morgan fingerprint density at radius 2 is 1.30 bits per heavy atom. The fourth-order valence-electron chi connectivity index (χ4n) is 1.88. The predicted octanol–water partition coefficient (Wildman–Crippen LogP) is 4.40. The van der Waals surface area contributed by atoms with Gasteiger partial charge in [-0.25, -0.2) is 14.4 Å². The summed E-state index contributed by atoms with van der Waals surface area (Å²) in [5, 5.41) is 0. The van der Waals surface area contributed by atoms with Crippen molar-refractivity contribution in [1.82, 2.24) is 0 Å². The minimum atomic E-state index is -4.69. The summed E-state index contributed by atoms with van der Waals surface area (Å²) < 4.78 is 75.9. The summed E-state index contributed by atoms with van der Waals surface area (Å²) in [4.78, 5) is 30.1. The van der Waals surface area contributed by atoms with Gasteiger partial charge in [0.25, 0.3) is 0 Å². The number of hydrogen-bond acceptors (Lipinski definition) is 12. The van der Waals surface area contributed by atoms with Crippen LogP contribution in [0.3, 0.4) is 0 Å². The topological polar surface area (TPSA) is 147 Å². The number of rotatable bonds is 7. The minimum absolute atomic E-state index is 0.0781. The van der Waals surface area contributed by atoms with Crippen molar-refractivity contribution in [1.29, 1.82) is 0 Å². The highest BCUT2D eigenvalue weighted by Crippen LogP contribution is 2.34. The summed E-state index contributed by atoms with van der Waals surface area (Å²) in [5.74, 6) is -2.19. The van der Waals surface area contributed by atoms with Gasteiger partial charge in [-0.3, -0.25) is 0 Å². The zero-order valence-electron chi connectivity index (χ0n) is 29.0. The first-order valence-corrected chi connectivity index (χ1v) is 13.9. The summed E-state index contributed by atoms with van der Waals surface area (Å²) in [5.41, 5.74) is -0.771. The molecule has 0 spiro atoms. The molecule has 270 valence electrons. The lowest BCUT2D eigenvalue weighted by atomic mass is 10.2. The van der Waals surface area contributed by atoms with Gasteiger partial charge in [0, 0.05) is 25.9 Å². The number of hydrogen-bond donors (Lipinski definition) is 0. The minimum Gasteiger partial charge on any atom is -0.466 e. The molecule has 0 N–H and O–H groups in total. The van der Waals surface area contributed by atoms with Crippen molar-refractivity contribution in [2.24, 2.45) is 0 Å². The number of halogens is 3. The summed E-state index contributed by atoms with van der Waals surface area (Å²) in [6, 6.07) is 0. The van der Waals surface area contributed by atoms with Gasteiger partial charge in [-0.15, -0.1) is 0 Å². The molecule has 4 atom stereocenters. The number of ether oxygens (including phenoxy) is 9. The van der Waals surface area contributed by atoms with Gasteiger partial charge in [-0.2, -0.15) is 13.2 Å². The lowest BCUT2D eigenvalue weighted by Crippen LogP contribution is -2.19. The summed E-state index contributed by atoms with van der Waals surface area (Å²) in [6.07, 6.45) is -2.07. The maximum Gasteiger partial charge on any atom is 0.422 e. The Balaban J connectivity index is -0.000000475. The Labute approximate surface area is 271 Å². The standard InChI is InChI=1S/C5H5F3O2.C5H10O2.C5H8O2.C5H10O.C4H8O2.C4H6O2.C3H6O/c1-3(4(9)10-2)5(6,7)8;1-5(3-6-2)4-7-5;1-4(2)5(6)7-3;1-4-5(2,3)6-4;1-5-2-4-3-6-4;1-3-4(5)6-2;1-3-2-4-3/h1H2,2H3;3-4H2,1-2H3;1H2,2-3H3;4H,1-3H3;4H,2-3H2,1H3;3H,1H2,2H3;3H,2H2,1H3. The second-order valence-corrected chi connectivity index (χ2v) is 10.6. The third kappa shape index (κ3) is 31.2. The summed E-state index contributed by atoms with van der Waals surface area (Å²) >= 11 is 0. The lowest BCUT2D eigenvalue weighted by molar-refractivity contribution is -0.148. The molecule has 4 fully saturated rings. The molecular formula is C31H53F3O12. The SMILES string of the molecule is C=C(C(=O)OC)C(F)(F)F.C=C(C)C(=O)OC.C=CC(=O)OC.CC1CO1.CC1OC1(C)C.COCC1(C)CO1.COCC1CO1. The first-order valence-electron chi connectivity index (χ1n) is 13.9. The van der Waals surface area contributed by atoms with Crippen LogP contribution >= 0.6 is 0 Å². The van der Waals surface area contributed by atoms with Crippen molar-refractivity contribution in [2.45, 2.75) is 77.2 Å². The normalized spacial score (nSPS) is 22.9. The van der Waals surface area contributed by atoms with E-state index in [-0.39, 0.29) is 17.2 Å². The van der Waals surface area contributed by atoms with Gasteiger partial charge in [-0.1, -0.05) is 19.7 Å². The molecule has 0 bridgehead atoms. The number of alkyl halides is 3. The van der Waals surface area contributed by atoms with E-state index in [1.165, 1.54) is 14.2 Å². The van der Waals surface area contributed by atoms with E-state index >= 15 is 0 Å². The molecule has 0 aromatic heterocycles. The molecule has 4 aliphatic rings. The van der Waals surface area contributed by atoms with E-state index in [9.17, 15) is 27.6 Å². The molecule has 0 aliphatic carbocycles. The highest BCUT2D eigenvalue weighted by atomic mass is 19.4. The van der Waals surface area contributed by atoms with E-state index in [4.69, 9.17) is 28.4 Å². The van der Waals surface area contributed by atoms with Crippen LogP contribution in [0, 0.1) is 0 Å². The maximum absolute atomic E-state index is 11.5. The zero-order chi connectivity index (χ0) is 36.7. The predicted molar refractivity (Wildman–Crippen MR) is 164 cm³/mol. The summed E-state index contributed by atoms with van der Waals surface area (Å²) in [6.45, 7) is 25.2. The van der Waals surface area contributed by atoms with Gasteiger partial charge in [0.1, 0.15) is 17.3 Å². The van der Waals surface area contributed by atoms with E-state index < -0.39 is 23.7 Å². The van der Waals surface area contributed by atoms with E-state index in [1.807, 2.05) is 6.92 Å². The number of esters is 3. The van der Waals surface area contributed by atoms with Crippen LogP contribution in [0.5, 0.6) is 0 Å². The Morgan fingerprint density at radius 3 is 1.37 bits per heavy atom. The van der Waals surface area contributed by atoms with E-state index in [0.29, 0.717) is 23.9 Å². The first-order chi connectivity index (χ1) is 21.1. The van der Waals surface area contributed by atoms with Crippen molar-refractivity contribution in [3.8, 4) is 0 Å². The Morgan fingerprint density at radius 1 is 0.891 bits per heavy atom. The molecule has 12 nitrogen and oxygen atoms in total. The molecule has 0 saturated carbocycles. The van der Waals surface area contributed by atoms with Crippen LogP contribution in [0.1, 0.15) is 41.5 Å². The third-order valence-corrected chi connectivity index (χ3v) is 5.42. The first kappa shape index (κ1) is 47.6. The molecule has 4 saturated heterocycles. The second-order valence-electron chi connectivity index (χ2n) is 10.6. The van der Waals surface area contributed by atoms with Crippen LogP contribution in [0.2, 0.25) is 0 Å². The number of methoxy groups -OCH3 is 5. The number of carbonyl (C=O) groups excluding carboxylic acids is 3. The van der Waals surface area contributed by atoms with E-state index in [0.717, 1.165) is 46.2 Å². The van der Waals surface area contributed by atoms with Gasteiger partial charge in [0.2, 0.25) is 0 Å². The number of epoxide rings is 4. The molecule has 4 rings (SSSR count). The zero-order valence-corrected chi connectivity index (χ0v) is 29.0. The smallest absolute Gasteiger partial charge is 0.422 e. The second kappa shape index (κ2) is 24.4. The van der Waals surface area contributed by atoms with Crippen LogP contribution in [0.4, 0.5) is 13.2 Å². The van der Waals surface area contributed by atoms with Crippen LogP contribution in [0.15, 0.2) is 37.0 Å². The molecule has 15 heteroatoms. The fourth-order valence-corrected chi connectivity index (χ4v) is 1.88. The van der Waals surface area contributed by atoms with E-state index in [2.05, 4.69) is 61.6 Å². The molecule has 4 heterocycles. The van der Waals surface area contributed by atoms with Crippen LogP contribution in [0.25, 0.3) is 0 Å². The summed E-state index contributed by atoms with van der Waals surface area (Å²) in [7, 11) is 6.87. The molecule has 4 unspecified atom stereocenters. The van der Waals surface area contributed by atoms with Crippen molar-refractivity contribution in [2.75, 3.05) is 68.6 Å². The molecular weight excluding hydrogens is 621 g/mol. The van der Waals surface area contributed by atoms with Crippen LogP contribution in [-0.2, 0) is 57.0 Å². The average molecular weight is 675 g/mol. The van der Waals surface area contributed by atoms with Crippen molar-refractivity contribution >= 4 is 17.9 Å². The Kier molecular flexibility index (Phi) is 25.2. The van der Waals surface area contributed by atoms with Gasteiger partial charge in [0.05, 0.1) is 72.2 Å². The highest BCUT2D eigenvalue weighted by Gasteiger charge is 2.43. The van der Waals surface area contributed by atoms with Crippen LogP contribution < -0.4 is 0 Å². The Bertz CT molecular complexity index is 922. The maximum atomic E-state index is 11.5. The van der Waals surface area contributed by atoms with Crippen LogP contribution in [-0.4, -0.2) is 122 Å². The Hall–Kier alpha value is -2.82. The largest absolute Gasteiger partial charge is 0.466 e. The van der Waals surface area contributed by atoms with Crippen molar-refractivity contribution < 1.29 is 70.2 Å². The fraction of sp³-hybridized carbons (Fsp3) is 0.710. The molecule has 0 aromatic carbocycles. The van der Waals surface area contributed by atoms with Crippen molar-refractivity contribution in [3.63, 3.8) is 0 Å². The third-order valence-electron chi connectivity index (χ3n) is 5.42. The average Bonchev–Trinajstić information content (AvgIpc) is 3.80. The van der Waals surface area contributed by atoms with Gasteiger partial charge < -0.3 is 42.6 Å². The number of carbonyl (C=O) groups is 3. The lowest BCUT2D eigenvalue weighted by Gasteiger charge is -2.05. The molecule has 0 amide bonds. The van der Waals surface area contributed by atoms with Gasteiger partial charge in [-0.05, 0) is 41.5 Å². The molecule has 4 aliphatic heterocycles. The van der Waals surface area contributed by atoms with Gasteiger partial charge in [0.15, 0.2) is 0 Å². The quantitative estimate of drug-likeness (QED) is 0.163. The molecule has 0 aromatic rings. The van der Waals surface area contributed by atoms with Crippen molar-refractivity contribution in [3.05, 3.63) is 37.0 Å². The van der Waals surface area contributed by atoms with Gasteiger partial charge >= 0.3 is 24.1 Å².